The van der Waals surface area contributed by atoms with Crippen LogP contribution in [0.5, 0.6) is 11.5 Å². The molecule has 18 heteroatoms. The molecule has 0 atom stereocenters. The molecule has 0 aromatic heterocycles. The van der Waals surface area contributed by atoms with Crippen LogP contribution in [0, 0.1) is 10.1 Å². The van der Waals surface area contributed by atoms with Gasteiger partial charge in [0.2, 0.25) is 0 Å². The summed E-state index contributed by atoms with van der Waals surface area (Å²) >= 11 is 0. The van der Waals surface area contributed by atoms with Crippen molar-refractivity contribution in [3.63, 3.8) is 0 Å². The van der Waals surface area contributed by atoms with Crippen LogP contribution in [0.3, 0.4) is 0 Å². The summed E-state index contributed by atoms with van der Waals surface area (Å²) in [6.45, 7) is 0. The van der Waals surface area contributed by atoms with Crippen LogP contribution < -0.4 is 5.73 Å². The van der Waals surface area contributed by atoms with E-state index in [-0.39, 0.29) is 81.3 Å². The van der Waals surface area contributed by atoms with E-state index in [4.69, 9.17) is 5.73 Å². The van der Waals surface area contributed by atoms with Gasteiger partial charge in [-0.1, -0.05) is 0 Å². The fraction of sp³-hybridized carbons (Fsp3) is 0. The fourth-order valence-corrected chi connectivity index (χ4v) is 3.96. The molecule has 0 amide bonds. The minimum Gasteiger partial charge on any atom is -0.505 e. The zero-order valence-electron chi connectivity index (χ0n) is 17.4. The van der Waals surface area contributed by atoms with Gasteiger partial charge in [0.05, 0.1) is 15.9 Å². The first-order valence-corrected chi connectivity index (χ1v) is 11.0. The number of nitrogens with zero attached hydrogens (tertiary/aromatic N) is 3. The van der Waals surface area contributed by atoms with Crippen molar-refractivity contribution in [2.24, 2.45) is 10.2 Å². The molecule has 0 heterocycles. The first kappa shape index (κ1) is 30.2. The van der Waals surface area contributed by atoms with E-state index in [1.807, 2.05) is 0 Å². The van der Waals surface area contributed by atoms with Crippen molar-refractivity contribution < 1.29 is 41.1 Å². The number of rotatable bonds is 5. The van der Waals surface area contributed by atoms with E-state index >= 15 is 0 Å². The molecule has 0 saturated heterocycles. The van der Waals surface area contributed by atoms with Gasteiger partial charge in [-0.25, -0.2) is 0 Å². The van der Waals surface area contributed by atoms with E-state index < -0.39 is 57.8 Å². The first-order chi connectivity index (χ1) is 14.7. The summed E-state index contributed by atoms with van der Waals surface area (Å²) < 4.78 is 65.2. The maximum Gasteiger partial charge on any atom is 0.296 e. The minimum atomic E-state index is -5.06. The molecule has 3 aromatic rings. The second-order valence-electron chi connectivity index (χ2n) is 6.26. The summed E-state index contributed by atoms with van der Waals surface area (Å²) in [5.41, 5.74) is 3.73. The molecule has 0 unspecified atom stereocenters. The van der Waals surface area contributed by atoms with Gasteiger partial charge in [0.1, 0.15) is 22.0 Å². The quantitative estimate of drug-likeness (QED) is 0.0796. The Morgan fingerprint density at radius 2 is 1.53 bits per heavy atom. The number of fused-ring (bicyclic) bond motifs is 1. The van der Waals surface area contributed by atoms with Crippen molar-refractivity contribution in [3.8, 4) is 11.5 Å². The van der Waals surface area contributed by atoms with Gasteiger partial charge in [0.15, 0.2) is 5.75 Å². The standard InChI is InChI=1S/C16H12N4O10S2.2Na/c17-10-6-9(31(25,26)27)3-7-4-13(32(28,29)30)15(16(22)14(7)10)19-18-11-2-1-8(20(23)24)5-12(11)21;;/h1-6,21-22H,17H2,(H,25,26,27)(H,28,29,30);;. The van der Waals surface area contributed by atoms with Gasteiger partial charge in [-0.15, -0.1) is 10.2 Å². The van der Waals surface area contributed by atoms with E-state index in [1.54, 1.807) is 0 Å². The molecular weight excluding hydrogens is 518 g/mol. The second kappa shape index (κ2) is 10.8. The average Bonchev–Trinajstić information content (AvgIpc) is 2.65. The normalized spacial score (nSPS) is 11.7. The zero-order chi connectivity index (χ0) is 24.0. The Hall–Kier alpha value is -1.86. The molecule has 34 heavy (non-hydrogen) atoms. The number of hydrogen-bond donors (Lipinski definition) is 5. The van der Waals surface area contributed by atoms with Gasteiger partial charge in [-0.05, 0) is 29.7 Å². The summed E-state index contributed by atoms with van der Waals surface area (Å²) in [6, 6.07) is 5.07. The number of nitrogen functional groups attached to an aromatic ring is 1. The van der Waals surface area contributed by atoms with Crippen LogP contribution in [0.25, 0.3) is 10.8 Å². The Bertz CT molecular complexity index is 1540. The van der Waals surface area contributed by atoms with Gasteiger partial charge in [0, 0.05) is 76.3 Å². The summed E-state index contributed by atoms with van der Waals surface area (Å²) in [6.07, 6.45) is 0. The Balaban J connectivity index is 0.00000289. The molecule has 3 aromatic carbocycles. The van der Waals surface area contributed by atoms with Crippen molar-refractivity contribution >= 4 is 113 Å². The predicted molar refractivity (Wildman–Crippen MR) is 120 cm³/mol. The SMILES string of the molecule is Nc1cc(S(=O)(=O)O)cc2cc(S(=O)(=O)O)c(N=Nc3ccc([N+](=O)[O-])cc3O)c(O)c12.[Na].[Na]. The number of azo groups is 1. The maximum absolute atomic E-state index is 11.8. The van der Waals surface area contributed by atoms with E-state index in [1.165, 1.54) is 0 Å². The fourth-order valence-electron chi connectivity index (χ4n) is 2.75. The Morgan fingerprint density at radius 1 is 0.912 bits per heavy atom. The summed E-state index contributed by atoms with van der Waals surface area (Å²) in [7, 11) is -9.80. The van der Waals surface area contributed by atoms with Crippen LogP contribution in [0.4, 0.5) is 22.7 Å². The first-order valence-electron chi connectivity index (χ1n) is 8.13. The monoisotopic (exact) mass is 530 g/mol. The predicted octanol–water partition coefficient (Wildman–Crippen LogP) is 1.89. The summed E-state index contributed by atoms with van der Waals surface area (Å²) in [5, 5.41) is 37.7. The molecule has 0 aliphatic carbocycles. The van der Waals surface area contributed by atoms with Crippen LogP contribution in [-0.4, -0.2) is 100 Å². The molecule has 3 rings (SSSR count). The van der Waals surface area contributed by atoms with Crippen LogP contribution in [0.15, 0.2) is 56.4 Å². The van der Waals surface area contributed by atoms with Gasteiger partial charge in [-0.3, -0.25) is 19.2 Å². The van der Waals surface area contributed by atoms with Crippen LogP contribution in [0.1, 0.15) is 0 Å². The topological polar surface area (TPSA) is 243 Å². The number of non-ortho nitro benzene ring substituents is 1. The minimum absolute atomic E-state index is 0. The van der Waals surface area contributed by atoms with Crippen LogP contribution in [0.2, 0.25) is 0 Å². The van der Waals surface area contributed by atoms with Crippen molar-refractivity contribution in [2.45, 2.75) is 9.79 Å². The zero-order valence-corrected chi connectivity index (χ0v) is 23.1. The molecule has 0 aliphatic heterocycles. The molecule has 0 saturated carbocycles. The molecule has 14 nitrogen and oxygen atoms in total. The molecule has 6 N–H and O–H groups in total. The molecule has 0 spiro atoms. The molecule has 0 bridgehead atoms. The van der Waals surface area contributed by atoms with Gasteiger partial charge >= 0.3 is 0 Å². The van der Waals surface area contributed by atoms with Crippen LogP contribution >= 0.6 is 0 Å². The molecule has 2 radical (unpaired) electrons. The van der Waals surface area contributed by atoms with E-state index in [9.17, 15) is 46.3 Å². The third kappa shape index (κ3) is 6.22. The van der Waals surface area contributed by atoms with Gasteiger partial charge in [-0.2, -0.15) is 16.8 Å². The average molecular weight is 530 g/mol. The van der Waals surface area contributed by atoms with E-state index in [2.05, 4.69) is 10.2 Å². The third-order valence-electron chi connectivity index (χ3n) is 4.16. The van der Waals surface area contributed by atoms with Gasteiger partial charge in [0.25, 0.3) is 25.9 Å². The number of aromatic hydroxyl groups is 2. The molecular formula is C16H12N4Na2O10S2. The molecule has 170 valence electrons. The largest absolute Gasteiger partial charge is 0.505 e. The number of anilines is 1. The Kier molecular flexibility index (Phi) is 9.60. The number of nitrogens with two attached hydrogens (primary N) is 1. The van der Waals surface area contributed by atoms with E-state index in [0.717, 1.165) is 36.4 Å². The third-order valence-corrected chi connectivity index (χ3v) is 5.86. The number of phenols is 2. The molecule has 0 aliphatic rings. The Morgan fingerprint density at radius 3 is 2.03 bits per heavy atom. The van der Waals surface area contributed by atoms with Crippen LogP contribution in [-0.2, 0) is 20.2 Å². The second-order valence-corrected chi connectivity index (χ2v) is 9.07. The van der Waals surface area contributed by atoms with Crippen molar-refractivity contribution in [2.75, 3.05) is 5.73 Å². The molecule has 0 fully saturated rings. The van der Waals surface area contributed by atoms with Crippen molar-refractivity contribution in [1.29, 1.82) is 0 Å². The summed E-state index contributed by atoms with van der Waals surface area (Å²) in [5.74, 6) is -1.60. The van der Waals surface area contributed by atoms with Gasteiger partial charge < -0.3 is 15.9 Å². The number of phenolic OH excluding ortho intramolecular Hbond substituents is 2. The number of nitro groups is 1. The van der Waals surface area contributed by atoms with Crippen molar-refractivity contribution in [1.82, 2.24) is 0 Å². The number of nitro benzene ring substituents is 1. The number of hydrogen-bond acceptors (Lipinski definition) is 11. The summed E-state index contributed by atoms with van der Waals surface area (Å²) in [4.78, 5) is 8.25. The smallest absolute Gasteiger partial charge is 0.296 e. The van der Waals surface area contributed by atoms with Crippen molar-refractivity contribution in [3.05, 3.63) is 46.5 Å². The number of benzene rings is 3. The van der Waals surface area contributed by atoms with E-state index in [0.29, 0.717) is 0 Å². The Labute approximate surface area is 235 Å². The maximum atomic E-state index is 11.8.